The number of pyridine rings is 1. The SMILES string of the molecule is CC(C)(C)OC(=O)N1CCCC1c1nc2ccc(-c3cc4ccc(B5OC(C)(C)C(C)(C)O5)cc4cn3)cc2[nH]1. The third-order valence-corrected chi connectivity index (χ3v) is 8.26. The molecule has 2 aliphatic rings. The number of ether oxygens (including phenoxy) is 1. The fourth-order valence-corrected chi connectivity index (χ4v) is 5.38. The molecular formula is C31H37BN4O4. The van der Waals surface area contributed by atoms with Crippen LogP contribution in [0.15, 0.2) is 48.7 Å². The molecule has 1 N–H and O–H groups in total. The van der Waals surface area contributed by atoms with Crippen LogP contribution in [0, 0.1) is 0 Å². The first-order chi connectivity index (χ1) is 18.8. The smallest absolute Gasteiger partial charge is 0.444 e. The molecule has 1 atom stereocenters. The molecule has 0 radical (unpaired) electrons. The fraction of sp³-hybridized carbons (Fsp3) is 0.452. The zero-order chi connectivity index (χ0) is 28.4. The van der Waals surface area contributed by atoms with Crippen molar-refractivity contribution in [3.63, 3.8) is 0 Å². The second-order valence-electron chi connectivity index (χ2n) is 13.0. The highest BCUT2D eigenvalue weighted by atomic mass is 16.7. The number of likely N-dealkylation sites (tertiary alicyclic amines) is 1. The van der Waals surface area contributed by atoms with Crippen molar-refractivity contribution in [2.45, 2.75) is 84.2 Å². The maximum Gasteiger partial charge on any atom is 0.494 e. The minimum absolute atomic E-state index is 0.123. The van der Waals surface area contributed by atoms with E-state index in [1.807, 2.05) is 39.1 Å². The Bertz CT molecular complexity index is 1590. The summed E-state index contributed by atoms with van der Waals surface area (Å²) in [7, 11) is -0.405. The number of nitrogens with zero attached hydrogens (tertiary/aromatic N) is 3. The van der Waals surface area contributed by atoms with Gasteiger partial charge in [0.05, 0.1) is 34.0 Å². The van der Waals surface area contributed by atoms with Gasteiger partial charge in [0, 0.05) is 18.3 Å². The number of benzene rings is 2. The van der Waals surface area contributed by atoms with Gasteiger partial charge in [-0.05, 0) is 95.7 Å². The highest BCUT2D eigenvalue weighted by molar-refractivity contribution is 6.62. The molecule has 2 aromatic carbocycles. The maximum atomic E-state index is 12.8. The monoisotopic (exact) mass is 540 g/mol. The van der Waals surface area contributed by atoms with Crippen molar-refractivity contribution in [2.24, 2.45) is 0 Å². The van der Waals surface area contributed by atoms with E-state index < -0.39 is 12.7 Å². The van der Waals surface area contributed by atoms with Gasteiger partial charge in [-0.3, -0.25) is 9.88 Å². The van der Waals surface area contributed by atoms with E-state index in [-0.39, 0.29) is 23.3 Å². The van der Waals surface area contributed by atoms with Crippen LogP contribution in [-0.2, 0) is 14.0 Å². The van der Waals surface area contributed by atoms with Gasteiger partial charge in [-0.15, -0.1) is 0 Å². The molecule has 2 saturated heterocycles. The van der Waals surface area contributed by atoms with Crippen LogP contribution in [0.3, 0.4) is 0 Å². The second kappa shape index (κ2) is 9.31. The van der Waals surface area contributed by atoms with E-state index in [0.717, 1.165) is 57.2 Å². The maximum absolute atomic E-state index is 12.8. The summed E-state index contributed by atoms with van der Waals surface area (Å²) in [6.07, 6.45) is 3.38. The van der Waals surface area contributed by atoms with Gasteiger partial charge in [0.25, 0.3) is 0 Å². The van der Waals surface area contributed by atoms with Crippen LogP contribution in [-0.4, -0.2) is 56.4 Å². The summed E-state index contributed by atoms with van der Waals surface area (Å²) in [5.74, 6) is 0.789. The molecule has 1 amide bonds. The standard InChI is InChI=1S/C31H37BN4O4/c1-29(2,3)38-28(37)36-14-8-9-26(36)27-34-23-13-11-20(17-25(23)35-27)24-16-19-10-12-22(15-21(19)18-33-24)32-39-30(4,5)31(6,7)40-32/h10-13,15-18,26H,8-9,14H2,1-7H3,(H,34,35). The molecule has 6 rings (SSSR count). The van der Waals surface area contributed by atoms with Crippen molar-refractivity contribution >= 4 is 40.5 Å². The van der Waals surface area contributed by atoms with Crippen molar-refractivity contribution in [3.8, 4) is 11.3 Å². The summed E-state index contributed by atoms with van der Waals surface area (Å²) < 4.78 is 18.1. The van der Waals surface area contributed by atoms with Crippen LogP contribution in [0.1, 0.15) is 73.2 Å². The van der Waals surface area contributed by atoms with Crippen molar-refractivity contribution < 1.29 is 18.8 Å². The summed E-state index contributed by atoms with van der Waals surface area (Å²) in [6.45, 7) is 14.6. The van der Waals surface area contributed by atoms with Gasteiger partial charge in [0.15, 0.2) is 0 Å². The van der Waals surface area contributed by atoms with Crippen LogP contribution >= 0.6 is 0 Å². The molecule has 208 valence electrons. The van der Waals surface area contributed by atoms with E-state index in [4.69, 9.17) is 24.0 Å². The van der Waals surface area contributed by atoms with Gasteiger partial charge in [0.1, 0.15) is 11.4 Å². The van der Waals surface area contributed by atoms with Crippen LogP contribution < -0.4 is 5.46 Å². The molecule has 0 spiro atoms. The van der Waals surface area contributed by atoms with E-state index in [0.29, 0.717) is 6.54 Å². The lowest BCUT2D eigenvalue weighted by atomic mass is 9.78. The number of hydrogen-bond donors (Lipinski definition) is 1. The van der Waals surface area contributed by atoms with E-state index in [2.05, 4.69) is 63.0 Å². The normalized spacial score (nSPS) is 20.5. The van der Waals surface area contributed by atoms with E-state index >= 15 is 0 Å². The number of nitrogens with one attached hydrogen (secondary N) is 1. The van der Waals surface area contributed by atoms with Gasteiger partial charge in [-0.2, -0.15) is 0 Å². The minimum atomic E-state index is -0.534. The van der Waals surface area contributed by atoms with Crippen molar-refractivity contribution in [2.75, 3.05) is 6.54 Å². The Kier molecular flexibility index (Phi) is 6.24. The van der Waals surface area contributed by atoms with Crippen molar-refractivity contribution in [3.05, 3.63) is 54.5 Å². The van der Waals surface area contributed by atoms with Gasteiger partial charge < -0.3 is 19.0 Å². The zero-order valence-corrected chi connectivity index (χ0v) is 24.4. The summed E-state index contributed by atoms with van der Waals surface area (Å²) in [5, 5.41) is 2.12. The largest absolute Gasteiger partial charge is 0.494 e. The van der Waals surface area contributed by atoms with Gasteiger partial charge >= 0.3 is 13.2 Å². The topological polar surface area (TPSA) is 89.6 Å². The van der Waals surface area contributed by atoms with Gasteiger partial charge in [-0.25, -0.2) is 9.78 Å². The molecular weight excluding hydrogens is 503 g/mol. The lowest BCUT2D eigenvalue weighted by Gasteiger charge is -2.32. The number of carbonyl (C=O) groups excluding carboxylic acids is 1. The van der Waals surface area contributed by atoms with Crippen molar-refractivity contribution in [1.29, 1.82) is 0 Å². The second-order valence-corrected chi connectivity index (χ2v) is 13.0. The Labute approximate surface area is 235 Å². The number of aromatic nitrogens is 3. The Morgan fingerprint density at radius 3 is 2.52 bits per heavy atom. The molecule has 0 bridgehead atoms. The average molecular weight is 540 g/mol. The van der Waals surface area contributed by atoms with Gasteiger partial charge in [-0.1, -0.05) is 24.3 Å². The Balaban J connectivity index is 1.25. The third-order valence-electron chi connectivity index (χ3n) is 8.26. The van der Waals surface area contributed by atoms with Crippen LogP contribution in [0.2, 0.25) is 0 Å². The van der Waals surface area contributed by atoms with E-state index in [1.54, 1.807) is 4.90 Å². The lowest BCUT2D eigenvalue weighted by molar-refractivity contribution is 0.00578. The summed E-state index contributed by atoms with van der Waals surface area (Å²) in [4.78, 5) is 27.7. The molecule has 4 heterocycles. The number of hydrogen-bond acceptors (Lipinski definition) is 6. The number of rotatable bonds is 3. The summed E-state index contributed by atoms with van der Waals surface area (Å²) in [5.41, 5.74) is 3.34. The molecule has 2 fully saturated rings. The van der Waals surface area contributed by atoms with Gasteiger partial charge in [0.2, 0.25) is 0 Å². The van der Waals surface area contributed by atoms with E-state index in [9.17, 15) is 4.79 Å². The lowest BCUT2D eigenvalue weighted by Crippen LogP contribution is -2.41. The van der Waals surface area contributed by atoms with Crippen LogP contribution in [0.25, 0.3) is 33.1 Å². The van der Waals surface area contributed by atoms with Crippen LogP contribution in [0.5, 0.6) is 0 Å². The Morgan fingerprint density at radius 1 is 1.05 bits per heavy atom. The molecule has 9 heteroatoms. The first-order valence-corrected chi connectivity index (χ1v) is 14.0. The molecule has 4 aromatic rings. The fourth-order valence-electron chi connectivity index (χ4n) is 5.38. The first kappa shape index (κ1) is 26.8. The molecule has 2 aromatic heterocycles. The highest BCUT2D eigenvalue weighted by Crippen LogP contribution is 2.37. The van der Waals surface area contributed by atoms with Crippen molar-refractivity contribution in [1.82, 2.24) is 19.9 Å². The molecule has 2 aliphatic heterocycles. The van der Waals surface area contributed by atoms with Crippen LogP contribution in [0.4, 0.5) is 4.79 Å². The highest BCUT2D eigenvalue weighted by Gasteiger charge is 2.51. The number of fused-ring (bicyclic) bond motifs is 2. The average Bonchev–Trinajstić information content (AvgIpc) is 3.57. The number of aromatic amines is 1. The number of H-pyrrole nitrogens is 1. The minimum Gasteiger partial charge on any atom is -0.444 e. The summed E-state index contributed by atoms with van der Waals surface area (Å²) in [6, 6.07) is 14.4. The molecule has 0 aliphatic carbocycles. The quantitative estimate of drug-likeness (QED) is 0.314. The number of imidazole rings is 1. The zero-order valence-electron chi connectivity index (χ0n) is 24.4. The molecule has 40 heavy (non-hydrogen) atoms. The third kappa shape index (κ3) is 4.86. The van der Waals surface area contributed by atoms with E-state index in [1.165, 1.54) is 0 Å². The number of carbonyl (C=O) groups is 1. The number of amides is 1. The molecule has 1 unspecified atom stereocenters. The summed E-state index contributed by atoms with van der Waals surface area (Å²) >= 11 is 0. The molecule has 8 nitrogen and oxygen atoms in total. The predicted octanol–water partition coefficient (Wildman–Crippen LogP) is 6.15. The first-order valence-electron chi connectivity index (χ1n) is 14.0. The molecule has 0 saturated carbocycles. The Morgan fingerprint density at radius 2 is 1.80 bits per heavy atom. The predicted molar refractivity (Wildman–Crippen MR) is 157 cm³/mol. The Hall–Kier alpha value is -3.43.